The SMILES string of the molecule is CCOc1cc(Br)c(CC(=O)NCC(C)CN)cc1OCC.Cl. The Morgan fingerprint density at radius 2 is 1.83 bits per heavy atom. The predicted molar refractivity (Wildman–Crippen MR) is 98.7 cm³/mol. The van der Waals surface area contributed by atoms with Crippen LogP contribution in [-0.4, -0.2) is 32.2 Å². The molecule has 1 atom stereocenters. The molecular weight excluding hydrogens is 384 g/mol. The molecule has 0 aliphatic heterocycles. The third kappa shape index (κ3) is 7.42. The van der Waals surface area contributed by atoms with Crippen LogP contribution in [0.25, 0.3) is 0 Å². The molecular formula is C16H26BrClN2O3. The average Bonchev–Trinajstić information content (AvgIpc) is 2.49. The van der Waals surface area contributed by atoms with Crippen LogP contribution in [0.5, 0.6) is 11.5 Å². The molecule has 23 heavy (non-hydrogen) atoms. The minimum atomic E-state index is -0.0346. The Hall–Kier alpha value is -0.980. The molecule has 7 heteroatoms. The highest BCUT2D eigenvalue weighted by Gasteiger charge is 2.13. The van der Waals surface area contributed by atoms with Crippen molar-refractivity contribution in [3.63, 3.8) is 0 Å². The maximum Gasteiger partial charge on any atom is 0.224 e. The van der Waals surface area contributed by atoms with Crippen LogP contribution in [0.4, 0.5) is 0 Å². The van der Waals surface area contributed by atoms with Crippen LogP contribution in [0.1, 0.15) is 26.3 Å². The van der Waals surface area contributed by atoms with Crippen molar-refractivity contribution in [2.45, 2.75) is 27.2 Å². The van der Waals surface area contributed by atoms with Crippen LogP contribution in [0, 0.1) is 5.92 Å². The van der Waals surface area contributed by atoms with Crippen LogP contribution >= 0.6 is 28.3 Å². The van der Waals surface area contributed by atoms with Gasteiger partial charge in [0, 0.05) is 11.0 Å². The number of hydrogen-bond donors (Lipinski definition) is 2. The van der Waals surface area contributed by atoms with Crippen LogP contribution in [0.2, 0.25) is 0 Å². The first-order valence-corrected chi connectivity index (χ1v) is 8.35. The van der Waals surface area contributed by atoms with Crippen LogP contribution < -0.4 is 20.5 Å². The van der Waals surface area contributed by atoms with Gasteiger partial charge in [-0.25, -0.2) is 0 Å². The number of rotatable bonds is 9. The zero-order valence-corrected chi connectivity index (χ0v) is 16.3. The first-order valence-electron chi connectivity index (χ1n) is 7.56. The topological polar surface area (TPSA) is 73.6 Å². The quantitative estimate of drug-likeness (QED) is 0.657. The number of amides is 1. The highest BCUT2D eigenvalue weighted by Crippen LogP contribution is 2.34. The molecule has 0 aliphatic rings. The Morgan fingerprint density at radius 3 is 2.35 bits per heavy atom. The molecule has 0 bridgehead atoms. The summed E-state index contributed by atoms with van der Waals surface area (Å²) in [7, 11) is 0. The van der Waals surface area contributed by atoms with Crippen molar-refractivity contribution in [1.82, 2.24) is 5.32 Å². The van der Waals surface area contributed by atoms with E-state index in [0.717, 1.165) is 10.0 Å². The summed E-state index contributed by atoms with van der Waals surface area (Å²) in [6, 6.07) is 3.70. The molecule has 0 aromatic heterocycles. The monoisotopic (exact) mass is 408 g/mol. The molecule has 3 N–H and O–H groups in total. The van der Waals surface area contributed by atoms with Crippen molar-refractivity contribution in [3.05, 3.63) is 22.2 Å². The summed E-state index contributed by atoms with van der Waals surface area (Å²) in [5.74, 6) is 1.57. The van der Waals surface area contributed by atoms with Crippen molar-refractivity contribution in [2.75, 3.05) is 26.3 Å². The van der Waals surface area contributed by atoms with Crippen molar-refractivity contribution in [1.29, 1.82) is 0 Å². The van der Waals surface area contributed by atoms with Crippen molar-refractivity contribution < 1.29 is 14.3 Å². The number of ether oxygens (including phenoxy) is 2. The molecule has 0 saturated carbocycles. The van der Waals surface area contributed by atoms with Gasteiger partial charge in [-0.2, -0.15) is 0 Å². The number of nitrogens with one attached hydrogen (secondary N) is 1. The Kier molecular flexibility index (Phi) is 11.0. The van der Waals surface area contributed by atoms with Gasteiger partial charge in [0.2, 0.25) is 5.91 Å². The van der Waals surface area contributed by atoms with Crippen LogP contribution in [-0.2, 0) is 11.2 Å². The fraction of sp³-hybridized carbons (Fsp3) is 0.562. The van der Waals surface area contributed by atoms with E-state index in [1.165, 1.54) is 0 Å². The van der Waals surface area contributed by atoms with Gasteiger partial charge in [0.25, 0.3) is 0 Å². The lowest BCUT2D eigenvalue weighted by molar-refractivity contribution is -0.120. The summed E-state index contributed by atoms with van der Waals surface area (Å²) in [5.41, 5.74) is 6.41. The lowest BCUT2D eigenvalue weighted by Gasteiger charge is -2.15. The van der Waals surface area contributed by atoms with Crippen molar-refractivity contribution in [2.24, 2.45) is 11.7 Å². The van der Waals surface area contributed by atoms with E-state index >= 15 is 0 Å². The minimum Gasteiger partial charge on any atom is -0.490 e. The lowest BCUT2D eigenvalue weighted by atomic mass is 10.1. The maximum atomic E-state index is 12.0. The molecule has 0 aliphatic carbocycles. The molecule has 0 saturated heterocycles. The van der Waals surface area contributed by atoms with Gasteiger partial charge in [-0.3, -0.25) is 4.79 Å². The number of nitrogens with two attached hydrogens (primary N) is 1. The van der Waals surface area contributed by atoms with E-state index in [9.17, 15) is 4.79 Å². The first kappa shape index (κ1) is 22.0. The Labute approximate surface area is 152 Å². The third-order valence-electron chi connectivity index (χ3n) is 3.11. The van der Waals surface area contributed by atoms with Gasteiger partial charge in [0.1, 0.15) is 0 Å². The zero-order chi connectivity index (χ0) is 16.5. The van der Waals surface area contributed by atoms with E-state index in [1.54, 1.807) is 0 Å². The molecule has 5 nitrogen and oxygen atoms in total. The van der Waals surface area contributed by atoms with E-state index in [1.807, 2.05) is 32.9 Å². The van der Waals surface area contributed by atoms with E-state index in [2.05, 4.69) is 21.2 Å². The van der Waals surface area contributed by atoms with Gasteiger partial charge >= 0.3 is 0 Å². The highest BCUT2D eigenvalue weighted by atomic mass is 79.9. The van der Waals surface area contributed by atoms with Gasteiger partial charge in [-0.1, -0.05) is 22.9 Å². The predicted octanol–water partition coefficient (Wildman–Crippen LogP) is 2.92. The second-order valence-corrected chi connectivity index (χ2v) is 5.93. The summed E-state index contributed by atoms with van der Waals surface area (Å²) < 4.78 is 12.0. The molecule has 0 fully saturated rings. The minimum absolute atomic E-state index is 0. The van der Waals surface area contributed by atoms with E-state index < -0.39 is 0 Å². The average molecular weight is 410 g/mol. The molecule has 1 aromatic rings. The summed E-state index contributed by atoms with van der Waals surface area (Å²) >= 11 is 3.49. The second-order valence-electron chi connectivity index (χ2n) is 5.08. The molecule has 132 valence electrons. The summed E-state index contributed by atoms with van der Waals surface area (Å²) in [5, 5.41) is 2.89. The molecule has 1 amide bonds. The van der Waals surface area contributed by atoms with E-state index in [4.69, 9.17) is 15.2 Å². The van der Waals surface area contributed by atoms with Gasteiger partial charge in [0.05, 0.1) is 19.6 Å². The molecule has 0 spiro atoms. The van der Waals surface area contributed by atoms with Crippen molar-refractivity contribution in [3.8, 4) is 11.5 Å². The highest BCUT2D eigenvalue weighted by molar-refractivity contribution is 9.10. The number of halogens is 2. The summed E-state index contributed by atoms with van der Waals surface area (Å²) in [6.45, 7) is 8.08. The Morgan fingerprint density at radius 1 is 1.26 bits per heavy atom. The van der Waals surface area contributed by atoms with Crippen LogP contribution in [0.3, 0.4) is 0 Å². The first-order chi connectivity index (χ1) is 10.5. The second kappa shape index (κ2) is 11.5. The normalized spacial score (nSPS) is 11.3. The summed E-state index contributed by atoms with van der Waals surface area (Å²) in [6.07, 6.45) is 0.282. The van der Waals surface area contributed by atoms with Gasteiger partial charge < -0.3 is 20.5 Å². The number of hydrogen-bond acceptors (Lipinski definition) is 4. The number of carbonyl (C=O) groups excluding carboxylic acids is 1. The fourth-order valence-electron chi connectivity index (χ4n) is 1.86. The Bertz CT molecular complexity index is 500. The zero-order valence-electron chi connectivity index (χ0n) is 13.9. The largest absolute Gasteiger partial charge is 0.490 e. The molecule has 0 heterocycles. The fourth-order valence-corrected chi connectivity index (χ4v) is 2.32. The standard InChI is InChI=1S/C16H25BrN2O3.ClH/c1-4-21-14-6-12(13(17)8-15(14)22-5-2)7-16(20)19-10-11(3)9-18;/h6,8,11H,4-5,7,9-10,18H2,1-3H3,(H,19,20);1H. The number of benzene rings is 1. The van der Waals surface area contributed by atoms with E-state index in [-0.39, 0.29) is 30.7 Å². The molecule has 0 radical (unpaired) electrons. The number of carbonyl (C=O) groups is 1. The lowest BCUT2D eigenvalue weighted by Crippen LogP contribution is -2.32. The van der Waals surface area contributed by atoms with Gasteiger partial charge in [-0.05, 0) is 44.0 Å². The molecule has 1 rings (SSSR count). The van der Waals surface area contributed by atoms with Gasteiger partial charge in [0.15, 0.2) is 11.5 Å². The third-order valence-corrected chi connectivity index (χ3v) is 3.85. The summed E-state index contributed by atoms with van der Waals surface area (Å²) in [4.78, 5) is 12.0. The molecule has 1 unspecified atom stereocenters. The molecule has 1 aromatic carbocycles. The Balaban J connectivity index is 0.00000484. The van der Waals surface area contributed by atoms with Crippen molar-refractivity contribution >= 4 is 34.2 Å². The van der Waals surface area contributed by atoms with Crippen LogP contribution in [0.15, 0.2) is 16.6 Å². The van der Waals surface area contributed by atoms with E-state index in [0.29, 0.717) is 37.8 Å². The smallest absolute Gasteiger partial charge is 0.224 e. The van der Waals surface area contributed by atoms with Gasteiger partial charge in [-0.15, -0.1) is 12.4 Å². The maximum absolute atomic E-state index is 12.0.